The molecule has 90 valence electrons. The molecule has 0 aliphatic carbocycles. The van der Waals surface area contributed by atoms with E-state index in [-0.39, 0.29) is 5.82 Å². The summed E-state index contributed by atoms with van der Waals surface area (Å²) in [5, 5.41) is 3.43. The SMILES string of the molecule is CCNC(CC)CN(C)c1ccc(F)cc1. The maximum Gasteiger partial charge on any atom is 0.123 e. The molecule has 1 atom stereocenters. The van der Waals surface area contributed by atoms with Crippen LogP contribution in [-0.2, 0) is 0 Å². The molecule has 1 unspecified atom stereocenters. The Hall–Kier alpha value is -1.09. The smallest absolute Gasteiger partial charge is 0.123 e. The van der Waals surface area contributed by atoms with Crippen LogP contribution >= 0.6 is 0 Å². The summed E-state index contributed by atoms with van der Waals surface area (Å²) in [5.74, 6) is -0.184. The minimum Gasteiger partial charge on any atom is -0.373 e. The van der Waals surface area contributed by atoms with Crippen LogP contribution in [0.15, 0.2) is 24.3 Å². The molecule has 16 heavy (non-hydrogen) atoms. The monoisotopic (exact) mass is 224 g/mol. The third kappa shape index (κ3) is 3.81. The molecule has 0 saturated carbocycles. The zero-order valence-corrected chi connectivity index (χ0v) is 10.3. The standard InChI is InChI=1S/C13H21FN2/c1-4-12(15-5-2)10-16(3)13-8-6-11(14)7-9-13/h6-9,12,15H,4-5,10H2,1-3H3. The van der Waals surface area contributed by atoms with Crippen LogP contribution in [0.25, 0.3) is 0 Å². The summed E-state index contributed by atoms with van der Waals surface area (Å²) >= 11 is 0. The first-order chi connectivity index (χ1) is 7.67. The van der Waals surface area contributed by atoms with Crippen LogP contribution in [0.5, 0.6) is 0 Å². The summed E-state index contributed by atoms with van der Waals surface area (Å²) < 4.78 is 12.8. The van der Waals surface area contributed by atoms with E-state index >= 15 is 0 Å². The lowest BCUT2D eigenvalue weighted by Crippen LogP contribution is -2.39. The van der Waals surface area contributed by atoms with E-state index < -0.39 is 0 Å². The molecule has 0 bridgehead atoms. The summed E-state index contributed by atoms with van der Waals surface area (Å²) in [4.78, 5) is 2.15. The lowest BCUT2D eigenvalue weighted by molar-refractivity contribution is 0.512. The van der Waals surface area contributed by atoms with E-state index in [4.69, 9.17) is 0 Å². The van der Waals surface area contributed by atoms with Crippen LogP contribution in [0.2, 0.25) is 0 Å². The molecule has 1 N–H and O–H groups in total. The highest BCUT2D eigenvalue weighted by Crippen LogP contribution is 2.13. The van der Waals surface area contributed by atoms with Crippen molar-refractivity contribution in [3.05, 3.63) is 30.1 Å². The molecule has 0 radical (unpaired) electrons. The van der Waals surface area contributed by atoms with Gasteiger partial charge in [0.1, 0.15) is 5.82 Å². The van der Waals surface area contributed by atoms with Crippen LogP contribution in [-0.4, -0.2) is 26.2 Å². The van der Waals surface area contributed by atoms with Crippen LogP contribution in [0.3, 0.4) is 0 Å². The van der Waals surface area contributed by atoms with Gasteiger partial charge in [0.25, 0.3) is 0 Å². The van der Waals surface area contributed by atoms with Gasteiger partial charge < -0.3 is 10.2 Å². The van der Waals surface area contributed by atoms with Gasteiger partial charge in [-0.05, 0) is 37.2 Å². The number of benzene rings is 1. The molecule has 0 heterocycles. The molecule has 0 spiro atoms. The minimum atomic E-state index is -0.184. The van der Waals surface area contributed by atoms with Crippen molar-refractivity contribution in [2.24, 2.45) is 0 Å². The third-order valence-corrected chi connectivity index (χ3v) is 2.75. The number of nitrogens with zero attached hydrogens (tertiary/aromatic N) is 1. The second kappa shape index (κ2) is 6.48. The fourth-order valence-corrected chi connectivity index (χ4v) is 1.76. The summed E-state index contributed by atoms with van der Waals surface area (Å²) in [7, 11) is 2.03. The van der Waals surface area contributed by atoms with Crippen molar-refractivity contribution >= 4 is 5.69 Å². The Morgan fingerprint density at radius 2 is 1.88 bits per heavy atom. The molecule has 2 nitrogen and oxygen atoms in total. The largest absolute Gasteiger partial charge is 0.373 e. The Morgan fingerprint density at radius 1 is 1.25 bits per heavy atom. The summed E-state index contributed by atoms with van der Waals surface area (Å²) in [6.07, 6.45) is 1.10. The van der Waals surface area contributed by atoms with Crippen molar-refractivity contribution in [2.75, 3.05) is 25.0 Å². The number of nitrogens with one attached hydrogen (secondary N) is 1. The molecular weight excluding hydrogens is 203 g/mol. The number of rotatable bonds is 6. The fourth-order valence-electron chi connectivity index (χ4n) is 1.76. The van der Waals surface area contributed by atoms with Gasteiger partial charge in [0.05, 0.1) is 0 Å². The van der Waals surface area contributed by atoms with Gasteiger partial charge in [0.15, 0.2) is 0 Å². The van der Waals surface area contributed by atoms with Crippen molar-refractivity contribution < 1.29 is 4.39 Å². The first-order valence-corrected chi connectivity index (χ1v) is 5.87. The van der Waals surface area contributed by atoms with Gasteiger partial charge in [-0.25, -0.2) is 4.39 Å². The van der Waals surface area contributed by atoms with E-state index in [0.717, 1.165) is 25.2 Å². The Balaban J connectivity index is 2.56. The van der Waals surface area contributed by atoms with E-state index in [1.54, 1.807) is 0 Å². The third-order valence-electron chi connectivity index (χ3n) is 2.75. The Morgan fingerprint density at radius 3 is 2.38 bits per heavy atom. The molecule has 0 fully saturated rings. The first kappa shape index (κ1) is 13.0. The lowest BCUT2D eigenvalue weighted by atomic mass is 10.2. The van der Waals surface area contributed by atoms with Crippen molar-refractivity contribution in [2.45, 2.75) is 26.3 Å². The predicted octanol–water partition coefficient (Wildman–Crippen LogP) is 2.65. The van der Waals surface area contributed by atoms with E-state index in [1.807, 2.05) is 19.2 Å². The molecule has 0 amide bonds. The van der Waals surface area contributed by atoms with Crippen LogP contribution in [0.4, 0.5) is 10.1 Å². The Bertz CT molecular complexity index is 297. The quantitative estimate of drug-likeness (QED) is 0.799. The number of hydrogen-bond acceptors (Lipinski definition) is 2. The van der Waals surface area contributed by atoms with E-state index in [2.05, 4.69) is 24.1 Å². The van der Waals surface area contributed by atoms with Gasteiger partial charge in [-0.3, -0.25) is 0 Å². The highest BCUT2D eigenvalue weighted by molar-refractivity contribution is 5.45. The number of halogens is 1. The molecule has 0 aliphatic heterocycles. The van der Waals surface area contributed by atoms with Gasteiger partial charge in [0.2, 0.25) is 0 Å². The van der Waals surface area contributed by atoms with E-state index in [0.29, 0.717) is 6.04 Å². The van der Waals surface area contributed by atoms with Gasteiger partial charge >= 0.3 is 0 Å². The van der Waals surface area contributed by atoms with Crippen LogP contribution in [0.1, 0.15) is 20.3 Å². The molecule has 0 saturated heterocycles. The molecule has 1 rings (SSSR count). The normalized spacial score (nSPS) is 12.5. The summed E-state index contributed by atoms with van der Waals surface area (Å²) in [5.41, 5.74) is 1.05. The van der Waals surface area contributed by atoms with E-state index in [1.165, 1.54) is 12.1 Å². The van der Waals surface area contributed by atoms with Crippen molar-refractivity contribution in [3.63, 3.8) is 0 Å². The Kier molecular flexibility index (Phi) is 5.26. The topological polar surface area (TPSA) is 15.3 Å². The molecular formula is C13H21FN2. The molecule has 1 aromatic carbocycles. The second-order valence-corrected chi connectivity index (χ2v) is 4.02. The minimum absolute atomic E-state index is 0.184. The van der Waals surface area contributed by atoms with Gasteiger partial charge in [0, 0.05) is 25.3 Å². The second-order valence-electron chi connectivity index (χ2n) is 4.02. The van der Waals surface area contributed by atoms with Gasteiger partial charge in [-0.15, -0.1) is 0 Å². The van der Waals surface area contributed by atoms with Crippen LogP contribution in [0, 0.1) is 5.82 Å². The molecule has 0 aliphatic rings. The predicted molar refractivity (Wildman–Crippen MR) is 67.4 cm³/mol. The van der Waals surface area contributed by atoms with Crippen molar-refractivity contribution in [1.29, 1.82) is 0 Å². The summed E-state index contributed by atoms with van der Waals surface area (Å²) in [6, 6.07) is 7.11. The van der Waals surface area contributed by atoms with Crippen molar-refractivity contribution in [3.8, 4) is 0 Å². The number of likely N-dealkylation sites (N-methyl/N-ethyl adjacent to an activating group) is 2. The van der Waals surface area contributed by atoms with Gasteiger partial charge in [-0.2, -0.15) is 0 Å². The maximum atomic E-state index is 12.8. The summed E-state index contributed by atoms with van der Waals surface area (Å²) in [6.45, 7) is 6.21. The molecule has 1 aromatic rings. The molecule has 0 aromatic heterocycles. The highest BCUT2D eigenvalue weighted by atomic mass is 19.1. The Labute approximate surface area is 97.5 Å². The lowest BCUT2D eigenvalue weighted by Gasteiger charge is -2.25. The zero-order valence-electron chi connectivity index (χ0n) is 10.3. The number of anilines is 1. The first-order valence-electron chi connectivity index (χ1n) is 5.87. The average Bonchev–Trinajstić information content (AvgIpc) is 2.29. The number of hydrogen-bond donors (Lipinski definition) is 1. The van der Waals surface area contributed by atoms with E-state index in [9.17, 15) is 4.39 Å². The zero-order chi connectivity index (χ0) is 12.0. The average molecular weight is 224 g/mol. The van der Waals surface area contributed by atoms with Gasteiger partial charge in [-0.1, -0.05) is 13.8 Å². The maximum absolute atomic E-state index is 12.8. The van der Waals surface area contributed by atoms with Crippen molar-refractivity contribution in [1.82, 2.24) is 5.32 Å². The highest BCUT2D eigenvalue weighted by Gasteiger charge is 2.08. The molecule has 3 heteroatoms. The fraction of sp³-hybridized carbons (Fsp3) is 0.538. The van der Waals surface area contributed by atoms with Crippen LogP contribution < -0.4 is 10.2 Å².